The summed E-state index contributed by atoms with van der Waals surface area (Å²) in [5, 5.41) is 12.3. The average molecular weight is 204 g/mol. The van der Waals surface area contributed by atoms with Crippen LogP contribution in [0.15, 0.2) is 4.52 Å². The molecule has 0 saturated carbocycles. The van der Waals surface area contributed by atoms with E-state index in [9.17, 15) is 4.79 Å². The van der Waals surface area contributed by atoms with Gasteiger partial charge in [0.15, 0.2) is 0 Å². The molecule has 5 heteroatoms. The lowest BCUT2D eigenvalue weighted by molar-refractivity contribution is 0.0652. The van der Waals surface area contributed by atoms with E-state index in [-0.39, 0.29) is 16.2 Å². The number of hydrogen-bond acceptors (Lipinski definition) is 3. The van der Waals surface area contributed by atoms with E-state index < -0.39 is 5.97 Å². The van der Waals surface area contributed by atoms with Gasteiger partial charge in [-0.15, -0.1) is 0 Å². The summed E-state index contributed by atoms with van der Waals surface area (Å²) in [6.45, 7) is 5.63. The van der Waals surface area contributed by atoms with Crippen molar-refractivity contribution in [2.45, 2.75) is 26.2 Å². The van der Waals surface area contributed by atoms with E-state index in [0.29, 0.717) is 5.69 Å². The molecular weight excluding hydrogens is 194 g/mol. The predicted molar refractivity (Wildman–Crippen MR) is 47.2 cm³/mol. The van der Waals surface area contributed by atoms with E-state index in [4.69, 9.17) is 16.7 Å². The van der Waals surface area contributed by atoms with Crippen molar-refractivity contribution < 1.29 is 14.4 Å². The van der Waals surface area contributed by atoms with Crippen LogP contribution in [-0.4, -0.2) is 16.2 Å². The van der Waals surface area contributed by atoms with Gasteiger partial charge in [0.2, 0.25) is 0 Å². The van der Waals surface area contributed by atoms with Crippen LogP contribution >= 0.6 is 11.6 Å². The highest BCUT2D eigenvalue weighted by Gasteiger charge is 2.27. The highest BCUT2D eigenvalue weighted by molar-refractivity contribution is 6.33. The third-order valence-corrected chi connectivity index (χ3v) is 1.89. The van der Waals surface area contributed by atoms with E-state index in [0.717, 1.165) is 0 Å². The normalized spacial score (nSPS) is 11.7. The molecule has 72 valence electrons. The van der Waals surface area contributed by atoms with Gasteiger partial charge in [0.1, 0.15) is 10.7 Å². The third kappa shape index (κ3) is 1.83. The minimum Gasteiger partial charge on any atom is -0.475 e. The van der Waals surface area contributed by atoms with Gasteiger partial charge >= 0.3 is 5.97 Å². The number of carboxylic acid groups (broad SMARTS) is 1. The van der Waals surface area contributed by atoms with E-state index in [1.165, 1.54) is 0 Å². The van der Waals surface area contributed by atoms with Gasteiger partial charge in [0, 0.05) is 5.41 Å². The maximum atomic E-state index is 10.5. The molecule has 13 heavy (non-hydrogen) atoms. The predicted octanol–water partition coefficient (Wildman–Crippen LogP) is 2.32. The van der Waals surface area contributed by atoms with E-state index in [1.807, 2.05) is 20.8 Å². The molecule has 0 bridgehead atoms. The highest BCUT2D eigenvalue weighted by Crippen LogP contribution is 2.30. The summed E-state index contributed by atoms with van der Waals surface area (Å²) < 4.78 is 4.60. The van der Waals surface area contributed by atoms with Gasteiger partial charge in [0.05, 0.1) is 0 Å². The molecule has 0 amide bonds. The summed E-state index contributed by atoms with van der Waals surface area (Å²) in [5.74, 6) is -1.50. The molecule has 0 fully saturated rings. The van der Waals surface area contributed by atoms with Crippen LogP contribution in [0.5, 0.6) is 0 Å². The molecule has 1 N–H and O–H groups in total. The van der Waals surface area contributed by atoms with Gasteiger partial charge in [0.25, 0.3) is 5.76 Å². The Balaban J connectivity index is 3.22. The van der Waals surface area contributed by atoms with Crippen molar-refractivity contribution in [3.05, 3.63) is 16.5 Å². The van der Waals surface area contributed by atoms with Crippen molar-refractivity contribution in [3.8, 4) is 0 Å². The summed E-state index contributed by atoms with van der Waals surface area (Å²) in [7, 11) is 0. The standard InChI is InChI=1S/C8H10ClNO3/c1-8(2,3)6-4(9)5(7(11)12)13-10-6/h1-3H3,(H,11,12). The first-order chi connectivity index (χ1) is 5.84. The molecule has 0 aliphatic rings. The average Bonchev–Trinajstić information content (AvgIpc) is 2.28. The molecule has 0 saturated heterocycles. The first kappa shape index (κ1) is 10.1. The Morgan fingerprint density at radius 3 is 2.31 bits per heavy atom. The maximum absolute atomic E-state index is 10.5. The van der Waals surface area contributed by atoms with Crippen molar-refractivity contribution in [1.82, 2.24) is 5.16 Å². The zero-order chi connectivity index (χ0) is 10.2. The fourth-order valence-corrected chi connectivity index (χ4v) is 1.31. The first-order valence-corrected chi connectivity index (χ1v) is 4.10. The zero-order valence-corrected chi connectivity index (χ0v) is 8.34. The first-order valence-electron chi connectivity index (χ1n) is 3.73. The van der Waals surface area contributed by atoms with Crippen molar-refractivity contribution in [2.24, 2.45) is 0 Å². The minimum atomic E-state index is -1.20. The van der Waals surface area contributed by atoms with Crippen LogP contribution in [0.4, 0.5) is 0 Å². The molecule has 0 aromatic carbocycles. The molecule has 4 nitrogen and oxygen atoms in total. The lowest BCUT2D eigenvalue weighted by atomic mass is 9.92. The number of nitrogens with zero attached hydrogens (tertiary/aromatic N) is 1. The maximum Gasteiger partial charge on any atom is 0.376 e. The Kier molecular flexibility index (Phi) is 2.34. The molecule has 1 aromatic rings. The molecule has 0 aliphatic carbocycles. The van der Waals surface area contributed by atoms with Crippen LogP contribution in [-0.2, 0) is 5.41 Å². The van der Waals surface area contributed by atoms with Crippen LogP contribution in [0.25, 0.3) is 0 Å². The molecule has 1 heterocycles. The Bertz CT molecular complexity index is 338. The molecule has 1 aromatic heterocycles. The van der Waals surface area contributed by atoms with Gasteiger partial charge in [-0.1, -0.05) is 37.5 Å². The fourth-order valence-electron chi connectivity index (χ4n) is 0.878. The van der Waals surface area contributed by atoms with Crippen molar-refractivity contribution in [2.75, 3.05) is 0 Å². The third-order valence-electron chi connectivity index (χ3n) is 1.54. The minimum absolute atomic E-state index is 0.0833. The summed E-state index contributed by atoms with van der Waals surface area (Å²) in [6, 6.07) is 0. The molecule has 0 unspecified atom stereocenters. The van der Waals surface area contributed by atoms with Crippen LogP contribution in [0.1, 0.15) is 37.0 Å². The zero-order valence-electron chi connectivity index (χ0n) is 7.59. The molecule has 0 spiro atoms. The van der Waals surface area contributed by atoms with Crippen LogP contribution in [0.2, 0.25) is 5.02 Å². The Morgan fingerprint density at radius 2 is 2.08 bits per heavy atom. The van der Waals surface area contributed by atoms with Crippen molar-refractivity contribution in [1.29, 1.82) is 0 Å². The molecule has 1 rings (SSSR count). The van der Waals surface area contributed by atoms with Gasteiger partial charge in [-0.05, 0) is 0 Å². The van der Waals surface area contributed by atoms with Crippen LogP contribution in [0, 0.1) is 0 Å². The Hall–Kier alpha value is -1.03. The largest absolute Gasteiger partial charge is 0.475 e. The lowest BCUT2D eigenvalue weighted by Crippen LogP contribution is -2.12. The number of carboxylic acids is 1. The quantitative estimate of drug-likeness (QED) is 0.761. The second-order valence-electron chi connectivity index (χ2n) is 3.73. The summed E-state index contributed by atoms with van der Waals surface area (Å²) >= 11 is 5.77. The van der Waals surface area contributed by atoms with Crippen LogP contribution < -0.4 is 0 Å². The second-order valence-corrected chi connectivity index (χ2v) is 4.11. The van der Waals surface area contributed by atoms with Gasteiger partial charge < -0.3 is 9.63 Å². The number of carbonyl (C=O) groups is 1. The van der Waals surface area contributed by atoms with Crippen molar-refractivity contribution in [3.63, 3.8) is 0 Å². The van der Waals surface area contributed by atoms with Crippen LogP contribution in [0.3, 0.4) is 0 Å². The van der Waals surface area contributed by atoms with Gasteiger partial charge in [-0.2, -0.15) is 0 Å². The monoisotopic (exact) mass is 203 g/mol. The number of aromatic carboxylic acids is 1. The van der Waals surface area contributed by atoms with E-state index in [1.54, 1.807) is 0 Å². The van der Waals surface area contributed by atoms with E-state index in [2.05, 4.69) is 9.68 Å². The molecule has 0 radical (unpaired) electrons. The molecular formula is C8H10ClNO3. The summed E-state index contributed by atoms with van der Waals surface area (Å²) in [5.41, 5.74) is 0.153. The number of rotatable bonds is 1. The molecule has 0 atom stereocenters. The van der Waals surface area contributed by atoms with Crippen molar-refractivity contribution >= 4 is 17.6 Å². The fraction of sp³-hybridized carbons (Fsp3) is 0.500. The van der Waals surface area contributed by atoms with Gasteiger partial charge in [-0.25, -0.2) is 4.79 Å². The van der Waals surface area contributed by atoms with E-state index >= 15 is 0 Å². The smallest absolute Gasteiger partial charge is 0.376 e. The second kappa shape index (κ2) is 3.03. The Morgan fingerprint density at radius 1 is 1.54 bits per heavy atom. The lowest BCUT2D eigenvalue weighted by Gasteiger charge is -2.13. The number of halogens is 1. The van der Waals surface area contributed by atoms with Gasteiger partial charge in [-0.3, -0.25) is 0 Å². The topological polar surface area (TPSA) is 63.3 Å². The number of aromatic nitrogens is 1. The number of hydrogen-bond donors (Lipinski definition) is 1. The SMILES string of the molecule is CC(C)(C)c1noc(C(=O)O)c1Cl. The molecule has 0 aliphatic heterocycles. The highest BCUT2D eigenvalue weighted by atomic mass is 35.5. The summed E-state index contributed by atoms with van der Waals surface area (Å²) in [6.07, 6.45) is 0. The Labute approximate surface area is 80.5 Å². The summed E-state index contributed by atoms with van der Waals surface area (Å²) in [4.78, 5) is 10.5.